The zero-order valence-corrected chi connectivity index (χ0v) is 11.7. The maximum atomic E-state index is 12.9. The van der Waals surface area contributed by atoms with Gasteiger partial charge in [0.2, 0.25) is 0 Å². The third-order valence-corrected chi connectivity index (χ3v) is 7.07. The van der Waals surface area contributed by atoms with Crippen molar-refractivity contribution in [3.63, 3.8) is 0 Å². The quantitative estimate of drug-likeness (QED) is 0.810. The van der Waals surface area contributed by atoms with E-state index in [1.807, 2.05) is 0 Å². The van der Waals surface area contributed by atoms with E-state index in [4.69, 9.17) is 9.84 Å². The second-order valence-electron chi connectivity index (χ2n) is 4.72. The highest BCUT2D eigenvalue weighted by Gasteiger charge is 2.52. The Hall–Kier alpha value is -0.0100. The molecule has 0 aromatic rings. The Labute approximate surface area is 113 Å². The second-order valence-corrected chi connectivity index (χ2v) is 7.96. The number of carbonyl (C=O) groups excluding carboxylic acids is 1. The third-order valence-electron chi connectivity index (χ3n) is 3.17. The number of ether oxygens (including phenoxy) is 1. The minimum atomic E-state index is -3.44. The molecule has 7 heteroatoms. The van der Waals surface area contributed by atoms with Crippen molar-refractivity contribution in [2.45, 2.75) is 47.5 Å². The van der Waals surface area contributed by atoms with Crippen LogP contribution < -0.4 is 0 Å². The van der Waals surface area contributed by atoms with Gasteiger partial charge in [0.15, 0.2) is 0 Å². The van der Waals surface area contributed by atoms with Gasteiger partial charge < -0.3 is 9.84 Å². The third kappa shape index (κ3) is 2.77. The summed E-state index contributed by atoms with van der Waals surface area (Å²) in [5, 5.41) is 9.25. The van der Waals surface area contributed by atoms with Gasteiger partial charge in [-0.05, 0) is 19.3 Å². The number of alkyl halides is 2. The number of carbonyl (C=O) groups is 1. The maximum Gasteiger partial charge on any atom is 0.377 e. The van der Waals surface area contributed by atoms with Crippen LogP contribution in [0.1, 0.15) is 26.2 Å². The lowest BCUT2D eigenvalue weighted by Gasteiger charge is -2.30. The van der Waals surface area contributed by atoms with Gasteiger partial charge in [-0.15, -0.1) is 23.5 Å². The fraction of sp³-hybridized carbons (Fsp3) is 0.909. The molecule has 1 aliphatic heterocycles. The van der Waals surface area contributed by atoms with E-state index in [-0.39, 0.29) is 15.9 Å². The van der Waals surface area contributed by atoms with Crippen LogP contribution in [0.2, 0.25) is 0 Å². The van der Waals surface area contributed by atoms with Gasteiger partial charge in [-0.25, -0.2) is 4.79 Å². The molecule has 1 N–H and O–H groups in total. The number of aliphatic hydroxyl groups excluding tert-OH is 1. The van der Waals surface area contributed by atoms with Crippen molar-refractivity contribution in [3.8, 4) is 0 Å². The first-order valence-electron chi connectivity index (χ1n) is 5.89. The molecule has 1 heterocycles. The number of hydrogen-bond donors (Lipinski definition) is 1. The Morgan fingerprint density at radius 3 is 2.89 bits per heavy atom. The van der Waals surface area contributed by atoms with Crippen LogP contribution in [0.4, 0.5) is 8.78 Å². The summed E-state index contributed by atoms with van der Waals surface area (Å²) in [6.07, 6.45) is 1.86. The van der Waals surface area contributed by atoms with Gasteiger partial charge in [-0.2, -0.15) is 8.78 Å². The monoisotopic (exact) mass is 298 g/mol. The highest BCUT2D eigenvalue weighted by atomic mass is 32.2. The first-order valence-corrected chi connectivity index (χ1v) is 7.75. The van der Waals surface area contributed by atoms with Crippen molar-refractivity contribution in [2.75, 3.05) is 12.4 Å². The normalized spacial score (nSPS) is 36.2. The van der Waals surface area contributed by atoms with Crippen LogP contribution in [0.3, 0.4) is 0 Å². The molecule has 3 atom stereocenters. The average Bonchev–Trinajstić information content (AvgIpc) is 2.87. The number of rotatable bonds is 3. The molecular formula is C11H16F2O3S2. The average molecular weight is 298 g/mol. The van der Waals surface area contributed by atoms with E-state index in [1.165, 1.54) is 0 Å². The lowest BCUT2D eigenvalue weighted by molar-refractivity contribution is -0.174. The lowest BCUT2D eigenvalue weighted by atomic mass is 10.3. The fourth-order valence-electron chi connectivity index (χ4n) is 2.27. The summed E-state index contributed by atoms with van der Waals surface area (Å²) in [5.41, 5.74) is 0. The number of esters is 1. The summed E-state index contributed by atoms with van der Waals surface area (Å²) in [6, 6.07) is 0. The predicted octanol–water partition coefficient (Wildman–Crippen LogP) is 2.27. The zero-order valence-electron chi connectivity index (χ0n) is 10.0. The Morgan fingerprint density at radius 2 is 2.33 bits per heavy atom. The Kier molecular flexibility index (Phi) is 4.14. The van der Waals surface area contributed by atoms with Crippen molar-refractivity contribution >= 4 is 29.5 Å². The van der Waals surface area contributed by atoms with Gasteiger partial charge in [-0.1, -0.05) is 0 Å². The van der Waals surface area contributed by atoms with Crippen molar-refractivity contribution in [1.29, 1.82) is 0 Å². The molecule has 2 rings (SSSR count). The zero-order chi connectivity index (χ0) is 13.4. The molecule has 0 bridgehead atoms. The predicted molar refractivity (Wildman–Crippen MR) is 68.0 cm³/mol. The smallest absolute Gasteiger partial charge is 0.377 e. The molecule has 0 radical (unpaired) electrons. The highest BCUT2D eigenvalue weighted by molar-refractivity contribution is 8.21. The van der Waals surface area contributed by atoms with E-state index in [0.29, 0.717) is 13.3 Å². The standard InChI is InChI=1S/C11H16F2O3S2/c1-10(12,13)9(15)16-8-3-2-4-11(8)17-6-7(5-14)18-11/h7-8,14H,2-6H2,1H3. The van der Waals surface area contributed by atoms with Crippen LogP contribution >= 0.6 is 23.5 Å². The summed E-state index contributed by atoms with van der Waals surface area (Å²) in [6.45, 7) is 0.631. The molecule has 18 heavy (non-hydrogen) atoms. The van der Waals surface area contributed by atoms with E-state index in [0.717, 1.165) is 18.6 Å². The molecule has 0 aromatic carbocycles. The molecule has 2 aliphatic rings. The molecule has 3 unspecified atom stereocenters. The lowest BCUT2D eigenvalue weighted by Crippen LogP contribution is -2.38. The first-order chi connectivity index (χ1) is 8.37. The Bertz CT molecular complexity index is 335. The minimum absolute atomic E-state index is 0.0734. The van der Waals surface area contributed by atoms with Crippen LogP contribution in [0.25, 0.3) is 0 Å². The first kappa shape index (κ1) is 14.4. The van der Waals surface area contributed by atoms with Gasteiger partial charge in [0, 0.05) is 17.9 Å². The Balaban J connectivity index is 2.03. The van der Waals surface area contributed by atoms with E-state index in [9.17, 15) is 13.6 Å². The molecule has 0 aromatic heterocycles. The SMILES string of the molecule is CC(F)(F)C(=O)OC1CCCC12SCC(CO)S2. The van der Waals surface area contributed by atoms with Crippen LogP contribution in [0.5, 0.6) is 0 Å². The van der Waals surface area contributed by atoms with E-state index >= 15 is 0 Å². The van der Waals surface area contributed by atoms with Crippen molar-refractivity contribution in [2.24, 2.45) is 0 Å². The van der Waals surface area contributed by atoms with Gasteiger partial charge in [0.1, 0.15) is 6.10 Å². The molecule has 1 saturated carbocycles. The van der Waals surface area contributed by atoms with Crippen molar-refractivity contribution in [1.82, 2.24) is 0 Å². The van der Waals surface area contributed by atoms with Crippen LogP contribution in [-0.4, -0.2) is 44.8 Å². The van der Waals surface area contributed by atoms with Gasteiger partial charge in [-0.3, -0.25) is 0 Å². The number of hydrogen-bond acceptors (Lipinski definition) is 5. The van der Waals surface area contributed by atoms with E-state index in [1.54, 1.807) is 23.5 Å². The molecule has 1 saturated heterocycles. The molecule has 1 aliphatic carbocycles. The number of aliphatic hydroxyl groups is 1. The highest BCUT2D eigenvalue weighted by Crippen LogP contribution is 2.58. The summed E-state index contributed by atoms with van der Waals surface area (Å²) in [4.78, 5) is 11.3. The van der Waals surface area contributed by atoms with E-state index < -0.39 is 18.0 Å². The largest absolute Gasteiger partial charge is 0.456 e. The summed E-state index contributed by atoms with van der Waals surface area (Å²) in [5.74, 6) is -4.10. The fourth-order valence-corrected chi connectivity index (χ4v) is 6.06. The second kappa shape index (κ2) is 5.17. The van der Waals surface area contributed by atoms with Gasteiger partial charge in [0.05, 0.1) is 10.7 Å². The number of thioether (sulfide) groups is 2. The van der Waals surface area contributed by atoms with E-state index in [2.05, 4.69) is 0 Å². The van der Waals surface area contributed by atoms with Crippen LogP contribution in [0, 0.1) is 0 Å². The van der Waals surface area contributed by atoms with Gasteiger partial charge >= 0.3 is 11.9 Å². The van der Waals surface area contributed by atoms with Crippen molar-refractivity contribution < 1.29 is 23.4 Å². The number of halogens is 2. The maximum absolute atomic E-state index is 12.9. The summed E-state index contributed by atoms with van der Waals surface area (Å²) in [7, 11) is 0. The van der Waals surface area contributed by atoms with Crippen LogP contribution in [0.15, 0.2) is 0 Å². The minimum Gasteiger partial charge on any atom is -0.456 e. The molecule has 0 amide bonds. The molecule has 1 spiro atoms. The van der Waals surface area contributed by atoms with Crippen molar-refractivity contribution in [3.05, 3.63) is 0 Å². The molecule has 3 nitrogen and oxygen atoms in total. The topological polar surface area (TPSA) is 46.5 Å². The Morgan fingerprint density at radius 1 is 1.61 bits per heavy atom. The molecular weight excluding hydrogens is 282 g/mol. The molecule has 104 valence electrons. The van der Waals surface area contributed by atoms with Crippen LogP contribution in [-0.2, 0) is 9.53 Å². The summed E-state index contributed by atoms with van der Waals surface area (Å²) >= 11 is 3.20. The van der Waals surface area contributed by atoms with Gasteiger partial charge in [0.25, 0.3) is 0 Å². The molecule has 2 fully saturated rings. The summed E-state index contributed by atoms with van der Waals surface area (Å²) < 4.78 is 30.4.